The van der Waals surface area contributed by atoms with Crippen LogP contribution in [0.5, 0.6) is 0 Å². The van der Waals surface area contributed by atoms with Crippen LogP contribution in [0.25, 0.3) is 0 Å². The number of aryl methyl sites for hydroxylation is 1. The highest BCUT2D eigenvalue weighted by molar-refractivity contribution is 5.96. The van der Waals surface area contributed by atoms with Crippen LogP contribution in [-0.2, 0) is 4.79 Å². The molecular weight excluding hydrogens is 266 g/mol. The van der Waals surface area contributed by atoms with Gasteiger partial charge in [0.25, 0.3) is 0 Å². The predicted octanol–water partition coefficient (Wildman–Crippen LogP) is 1.45. The molecule has 1 aromatic carbocycles. The van der Waals surface area contributed by atoms with E-state index in [0.717, 1.165) is 18.5 Å². The van der Waals surface area contributed by atoms with Gasteiger partial charge in [-0.05, 0) is 50.7 Å². The largest absolute Gasteiger partial charge is 0.366 e. The second-order valence-electron chi connectivity index (χ2n) is 4.15. The average Bonchev–Trinajstić information content (AvgIpc) is 2.28. The first kappa shape index (κ1) is 17.4. The Kier molecular flexibility index (Phi) is 7.79. The van der Waals surface area contributed by atoms with Crippen molar-refractivity contribution in [2.24, 2.45) is 5.73 Å². The van der Waals surface area contributed by atoms with E-state index in [1.807, 2.05) is 7.05 Å². The van der Waals surface area contributed by atoms with Crippen LogP contribution in [0.2, 0.25) is 0 Å². The number of amides is 2. The average molecular weight is 286 g/mol. The van der Waals surface area contributed by atoms with Gasteiger partial charge in [-0.15, -0.1) is 12.4 Å². The van der Waals surface area contributed by atoms with Crippen LogP contribution in [0.4, 0.5) is 5.69 Å². The van der Waals surface area contributed by atoms with Crippen molar-refractivity contribution in [3.63, 3.8) is 0 Å². The summed E-state index contributed by atoms with van der Waals surface area (Å²) in [6.07, 6.45) is 1.26. The van der Waals surface area contributed by atoms with Crippen LogP contribution >= 0.6 is 12.4 Å². The summed E-state index contributed by atoms with van der Waals surface area (Å²) in [6.45, 7) is 2.60. The molecule has 0 spiro atoms. The number of rotatable bonds is 6. The van der Waals surface area contributed by atoms with Crippen molar-refractivity contribution in [2.45, 2.75) is 19.8 Å². The molecule has 0 atom stereocenters. The molecule has 0 radical (unpaired) electrons. The zero-order chi connectivity index (χ0) is 13.5. The highest BCUT2D eigenvalue weighted by Crippen LogP contribution is 2.15. The molecule has 0 saturated heterocycles. The second kappa shape index (κ2) is 8.50. The fourth-order valence-electron chi connectivity index (χ4n) is 1.67. The number of benzene rings is 1. The number of hydrogen-bond acceptors (Lipinski definition) is 3. The van der Waals surface area contributed by atoms with E-state index in [9.17, 15) is 9.59 Å². The molecule has 0 fully saturated rings. The van der Waals surface area contributed by atoms with Crippen molar-refractivity contribution in [1.29, 1.82) is 0 Å². The first-order chi connectivity index (χ1) is 8.54. The maximum atomic E-state index is 11.6. The lowest BCUT2D eigenvalue weighted by Gasteiger charge is -2.08. The van der Waals surface area contributed by atoms with Crippen LogP contribution in [-0.4, -0.2) is 25.4 Å². The minimum absolute atomic E-state index is 0. The molecule has 1 rings (SSSR count). The normalized spacial score (nSPS) is 9.58. The Hall–Kier alpha value is -1.59. The van der Waals surface area contributed by atoms with Gasteiger partial charge in [0.15, 0.2) is 0 Å². The first-order valence-electron chi connectivity index (χ1n) is 5.89. The van der Waals surface area contributed by atoms with Gasteiger partial charge in [-0.2, -0.15) is 0 Å². The van der Waals surface area contributed by atoms with Crippen molar-refractivity contribution >= 4 is 29.9 Å². The molecule has 0 unspecified atom stereocenters. The van der Waals surface area contributed by atoms with Crippen LogP contribution < -0.4 is 16.4 Å². The summed E-state index contributed by atoms with van der Waals surface area (Å²) in [4.78, 5) is 22.6. The van der Waals surface area contributed by atoms with E-state index in [0.29, 0.717) is 17.7 Å². The fourth-order valence-corrected chi connectivity index (χ4v) is 1.67. The Bertz CT molecular complexity index is 450. The maximum Gasteiger partial charge on any atom is 0.248 e. The highest BCUT2D eigenvalue weighted by Gasteiger charge is 2.07. The third-order valence-corrected chi connectivity index (χ3v) is 2.61. The van der Waals surface area contributed by atoms with Crippen molar-refractivity contribution in [3.8, 4) is 0 Å². The number of hydrogen-bond donors (Lipinski definition) is 3. The Labute approximate surface area is 119 Å². The lowest BCUT2D eigenvalue weighted by atomic mass is 10.1. The summed E-state index contributed by atoms with van der Waals surface area (Å²) in [5.74, 6) is -0.490. The molecule has 0 aliphatic rings. The lowest BCUT2D eigenvalue weighted by Crippen LogP contribution is -2.16. The number of carbonyl (C=O) groups is 2. The number of anilines is 1. The third kappa shape index (κ3) is 5.72. The summed E-state index contributed by atoms with van der Waals surface area (Å²) in [7, 11) is 1.85. The van der Waals surface area contributed by atoms with E-state index < -0.39 is 5.91 Å². The van der Waals surface area contributed by atoms with Gasteiger partial charge in [0.2, 0.25) is 11.8 Å². The van der Waals surface area contributed by atoms with Crippen molar-refractivity contribution in [3.05, 3.63) is 29.3 Å². The highest BCUT2D eigenvalue weighted by atomic mass is 35.5. The van der Waals surface area contributed by atoms with Gasteiger partial charge in [0, 0.05) is 17.7 Å². The van der Waals surface area contributed by atoms with Gasteiger partial charge in [0.05, 0.1) is 0 Å². The van der Waals surface area contributed by atoms with E-state index in [-0.39, 0.29) is 18.3 Å². The minimum Gasteiger partial charge on any atom is -0.366 e. The van der Waals surface area contributed by atoms with Gasteiger partial charge >= 0.3 is 0 Å². The number of carbonyl (C=O) groups excluding carboxylic acids is 2. The summed E-state index contributed by atoms with van der Waals surface area (Å²) in [6, 6.07) is 5.06. The van der Waals surface area contributed by atoms with Crippen LogP contribution in [0.15, 0.2) is 18.2 Å². The van der Waals surface area contributed by atoms with Crippen molar-refractivity contribution in [2.75, 3.05) is 18.9 Å². The van der Waals surface area contributed by atoms with E-state index in [4.69, 9.17) is 5.73 Å². The van der Waals surface area contributed by atoms with Crippen molar-refractivity contribution < 1.29 is 9.59 Å². The van der Waals surface area contributed by atoms with E-state index >= 15 is 0 Å². The van der Waals surface area contributed by atoms with Crippen LogP contribution in [0, 0.1) is 6.92 Å². The van der Waals surface area contributed by atoms with Gasteiger partial charge in [0.1, 0.15) is 0 Å². The number of halogens is 1. The molecule has 6 heteroatoms. The van der Waals surface area contributed by atoms with Crippen molar-refractivity contribution in [1.82, 2.24) is 5.32 Å². The molecule has 0 saturated carbocycles. The molecule has 1 aromatic rings. The van der Waals surface area contributed by atoms with E-state index in [1.54, 1.807) is 25.1 Å². The minimum atomic E-state index is -0.459. The molecule has 4 N–H and O–H groups in total. The van der Waals surface area contributed by atoms with Gasteiger partial charge in [-0.25, -0.2) is 0 Å². The second-order valence-corrected chi connectivity index (χ2v) is 4.15. The SMILES string of the molecule is CNCCCC(=O)Nc1ccc(C(N)=O)c(C)c1.Cl. The predicted molar refractivity (Wildman–Crippen MR) is 78.7 cm³/mol. The van der Waals surface area contributed by atoms with E-state index in [1.165, 1.54) is 0 Å². The molecule has 2 amide bonds. The maximum absolute atomic E-state index is 11.6. The summed E-state index contributed by atoms with van der Waals surface area (Å²) in [5.41, 5.74) is 7.14. The molecule has 0 aromatic heterocycles. The van der Waals surface area contributed by atoms with Crippen LogP contribution in [0.3, 0.4) is 0 Å². The Balaban J connectivity index is 0.00000324. The zero-order valence-electron chi connectivity index (χ0n) is 11.2. The molecule has 0 aliphatic carbocycles. The smallest absolute Gasteiger partial charge is 0.248 e. The molecule has 0 aliphatic heterocycles. The molecular formula is C13H20ClN3O2. The molecule has 5 nitrogen and oxygen atoms in total. The molecule has 0 heterocycles. The standard InChI is InChI=1S/C13H19N3O2.ClH/c1-9-8-10(5-6-11(9)13(14)18)16-12(17)4-3-7-15-2;/h5-6,8,15H,3-4,7H2,1-2H3,(H2,14,18)(H,16,17);1H. The Morgan fingerprint density at radius 2 is 2.00 bits per heavy atom. The summed E-state index contributed by atoms with van der Waals surface area (Å²) < 4.78 is 0. The molecule has 106 valence electrons. The van der Waals surface area contributed by atoms with E-state index in [2.05, 4.69) is 10.6 Å². The topological polar surface area (TPSA) is 84.2 Å². The van der Waals surface area contributed by atoms with Gasteiger partial charge in [-0.3, -0.25) is 9.59 Å². The Morgan fingerprint density at radius 3 is 2.53 bits per heavy atom. The lowest BCUT2D eigenvalue weighted by molar-refractivity contribution is -0.116. The zero-order valence-corrected chi connectivity index (χ0v) is 12.0. The first-order valence-corrected chi connectivity index (χ1v) is 5.89. The fraction of sp³-hybridized carbons (Fsp3) is 0.385. The number of primary amides is 1. The van der Waals surface area contributed by atoms with Crippen LogP contribution in [0.1, 0.15) is 28.8 Å². The van der Waals surface area contributed by atoms with Gasteiger partial charge < -0.3 is 16.4 Å². The summed E-state index contributed by atoms with van der Waals surface area (Å²) in [5, 5.41) is 5.77. The summed E-state index contributed by atoms with van der Waals surface area (Å²) >= 11 is 0. The Morgan fingerprint density at radius 1 is 1.32 bits per heavy atom. The number of nitrogens with one attached hydrogen (secondary N) is 2. The third-order valence-electron chi connectivity index (χ3n) is 2.61. The molecule has 0 bridgehead atoms. The number of nitrogens with two attached hydrogens (primary N) is 1. The quantitative estimate of drug-likeness (QED) is 0.692. The molecule has 19 heavy (non-hydrogen) atoms. The van der Waals surface area contributed by atoms with Gasteiger partial charge in [-0.1, -0.05) is 0 Å². The monoisotopic (exact) mass is 285 g/mol.